The van der Waals surface area contributed by atoms with Crippen molar-refractivity contribution in [2.75, 3.05) is 0 Å². The first-order chi connectivity index (χ1) is 7.69. The predicted octanol–water partition coefficient (Wildman–Crippen LogP) is 4.07. The Morgan fingerprint density at radius 3 is 2.62 bits per heavy atom. The van der Waals surface area contributed by atoms with E-state index in [1.54, 1.807) is 0 Å². The Morgan fingerprint density at radius 1 is 1.38 bits per heavy atom. The van der Waals surface area contributed by atoms with Crippen LogP contribution in [0.5, 0.6) is 0 Å². The molecule has 1 aromatic heterocycles. The van der Waals surface area contributed by atoms with Crippen LogP contribution in [0.1, 0.15) is 15.4 Å². The normalized spacial score (nSPS) is 10.4. The quantitative estimate of drug-likeness (QED) is 0.787. The third-order valence-electron chi connectivity index (χ3n) is 1.94. The molecule has 1 heterocycles. The third kappa shape index (κ3) is 2.64. The standard InChI is InChI=1S/C11H8ClNOS2/c1-7-10(6-14)13-11(15-7)16-9-4-2-8(12)3-5-9/h2-6H,1H3. The van der Waals surface area contributed by atoms with Gasteiger partial charge in [-0.2, -0.15) is 0 Å². The summed E-state index contributed by atoms with van der Waals surface area (Å²) in [5, 5.41) is 0.716. The molecular formula is C11H8ClNOS2. The number of aromatic nitrogens is 1. The van der Waals surface area contributed by atoms with Gasteiger partial charge in [-0.3, -0.25) is 4.79 Å². The summed E-state index contributed by atoms with van der Waals surface area (Å²) in [5.41, 5.74) is 0.529. The van der Waals surface area contributed by atoms with Gasteiger partial charge in [0.2, 0.25) is 0 Å². The fourth-order valence-corrected chi connectivity index (χ4v) is 3.32. The molecule has 1 aromatic carbocycles. The number of hydrogen-bond acceptors (Lipinski definition) is 4. The second-order valence-corrected chi connectivity index (χ2v) is 6.06. The van der Waals surface area contributed by atoms with Crippen molar-refractivity contribution < 1.29 is 4.79 Å². The molecule has 16 heavy (non-hydrogen) atoms. The van der Waals surface area contributed by atoms with Gasteiger partial charge in [0.15, 0.2) is 10.6 Å². The number of carbonyl (C=O) groups is 1. The summed E-state index contributed by atoms with van der Waals surface area (Å²) in [5.74, 6) is 0. The van der Waals surface area contributed by atoms with E-state index in [1.165, 1.54) is 23.1 Å². The van der Waals surface area contributed by atoms with Gasteiger partial charge in [-0.1, -0.05) is 23.4 Å². The van der Waals surface area contributed by atoms with E-state index in [4.69, 9.17) is 11.6 Å². The Bertz CT molecular complexity index is 507. The summed E-state index contributed by atoms with van der Waals surface area (Å²) in [6, 6.07) is 7.55. The van der Waals surface area contributed by atoms with Gasteiger partial charge in [0, 0.05) is 14.8 Å². The van der Waals surface area contributed by atoms with Crippen molar-refractivity contribution in [3.8, 4) is 0 Å². The molecule has 0 aliphatic heterocycles. The number of benzene rings is 1. The van der Waals surface area contributed by atoms with Crippen LogP contribution in [0.15, 0.2) is 33.5 Å². The van der Waals surface area contributed by atoms with Gasteiger partial charge in [0.1, 0.15) is 5.69 Å². The van der Waals surface area contributed by atoms with E-state index in [1.807, 2.05) is 31.2 Å². The van der Waals surface area contributed by atoms with E-state index in [0.717, 1.165) is 20.4 Å². The van der Waals surface area contributed by atoms with Crippen molar-refractivity contribution in [2.45, 2.75) is 16.2 Å². The lowest BCUT2D eigenvalue weighted by Crippen LogP contribution is -1.81. The number of rotatable bonds is 3. The molecule has 0 amide bonds. The van der Waals surface area contributed by atoms with E-state index in [0.29, 0.717) is 10.7 Å². The second-order valence-electron chi connectivity index (χ2n) is 3.10. The molecule has 2 aromatic rings. The largest absolute Gasteiger partial charge is 0.296 e. The highest BCUT2D eigenvalue weighted by molar-refractivity contribution is 8.01. The van der Waals surface area contributed by atoms with Gasteiger partial charge < -0.3 is 0 Å². The van der Waals surface area contributed by atoms with Crippen molar-refractivity contribution in [1.82, 2.24) is 4.98 Å². The van der Waals surface area contributed by atoms with E-state index >= 15 is 0 Å². The minimum absolute atomic E-state index is 0.529. The van der Waals surface area contributed by atoms with Gasteiger partial charge in [0.05, 0.1) is 0 Å². The third-order valence-corrected chi connectivity index (χ3v) is 4.25. The molecule has 82 valence electrons. The molecule has 0 radical (unpaired) electrons. The SMILES string of the molecule is Cc1sc(Sc2ccc(Cl)cc2)nc1C=O. The Kier molecular flexibility index (Phi) is 3.63. The number of hydrogen-bond donors (Lipinski definition) is 0. The fourth-order valence-electron chi connectivity index (χ4n) is 1.14. The first kappa shape index (κ1) is 11.6. The van der Waals surface area contributed by atoms with Crippen LogP contribution in [0, 0.1) is 6.92 Å². The second kappa shape index (κ2) is 4.99. The van der Waals surface area contributed by atoms with Crippen molar-refractivity contribution >= 4 is 41.0 Å². The van der Waals surface area contributed by atoms with E-state index in [2.05, 4.69) is 4.98 Å². The fraction of sp³-hybridized carbons (Fsp3) is 0.0909. The number of aryl methyl sites for hydroxylation is 1. The highest BCUT2D eigenvalue weighted by Crippen LogP contribution is 2.32. The highest BCUT2D eigenvalue weighted by atomic mass is 35.5. The van der Waals surface area contributed by atoms with Gasteiger partial charge >= 0.3 is 0 Å². The van der Waals surface area contributed by atoms with Crippen LogP contribution in [0.3, 0.4) is 0 Å². The van der Waals surface area contributed by atoms with Crippen LogP contribution in [-0.2, 0) is 0 Å². The summed E-state index contributed by atoms with van der Waals surface area (Å²) in [6.45, 7) is 1.90. The maximum absolute atomic E-state index is 10.7. The molecule has 0 saturated heterocycles. The Hall–Kier alpha value is -0.840. The first-order valence-corrected chi connectivity index (χ1v) is 6.56. The van der Waals surface area contributed by atoms with Crippen molar-refractivity contribution in [1.29, 1.82) is 0 Å². The summed E-state index contributed by atoms with van der Waals surface area (Å²) < 4.78 is 0.877. The number of thiazole rings is 1. The zero-order valence-corrected chi connectivity index (χ0v) is 10.8. The molecule has 0 aliphatic carbocycles. The average molecular weight is 270 g/mol. The van der Waals surface area contributed by atoms with E-state index < -0.39 is 0 Å². The molecule has 2 rings (SSSR count). The Balaban J connectivity index is 2.20. The van der Waals surface area contributed by atoms with Crippen LogP contribution < -0.4 is 0 Å². The Morgan fingerprint density at radius 2 is 2.06 bits per heavy atom. The zero-order chi connectivity index (χ0) is 11.5. The predicted molar refractivity (Wildman–Crippen MR) is 67.8 cm³/mol. The number of carbonyl (C=O) groups excluding carboxylic acids is 1. The lowest BCUT2D eigenvalue weighted by Gasteiger charge is -1.96. The van der Waals surface area contributed by atoms with Gasteiger partial charge in [-0.05, 0) is 31.2 Å². The van der Waals surface area contributed by atoms with Crippen LogP contribution >= 0.6 is 34.7 Å². The maximum Gasteiger partial charge on any atom is 0.169 e. The monoisotopic (exact) mass is 269 g/mol. The van der Waals surface area contributed by atoms with Gasteiger partial charge in [-0.25, -0.2) is 4.98 Å². The average Bonchev–Trinajstić information content (AvgIpc) is 2.62. The maximum atomic E-state index is 10.7. The van der Waals surface area contributed by atoms with Crippen molar-refractivity contribution in [2.24, 2.45) is 0 Å². The summed E-state index contributed by atoms with van der Waals surface area (Å²) in [7, 11) is 0. The van der Waals surface area contributed by atoms with Crippen molar-refractivity contribution in [3.63, 3.8) is 0 Å². The molecule has 0 atom stereocenters. The lowest BCUT2D eigenvalue weighted by atomic mass is 10.4. The molecule has 0 saturated carbocycles. The van der Waals surface area contributed by atoms with Gasteiger partial charge in [-0.15, -0.1) is 11.3 Å². The smallest absolute Gasteiger partial charge is 0.169 e. The zero-order valence-electron chi connectivity index (χ0n) is 8.44. The molecular weight excluding hydrogens is 262 g/mol. The van der Waals surface area contributed by atoms with Gasteiger partial charge in [0.25, 0.3) is 0 Å². The molecule has 5 heteroatoms. The minimum Gasteiger partial charge on any atom is -0.296 e. The molecule has 0 unspecified atom stereocenters. The number of halogens is 1. The van der Waals surface area contributed by atoms with Crippen LogP contribution in [-0.4, -0.2) is 11.3 Å². The topological polar surface area (TPSA) is 30.0 Å². The number of nitrogens with zero attached hydrogens (tertiary/aromatic N) is 1. The summed E-state index contributed by atoms with van der Waals surface area (Å²) >= 11 is 8.86. The summed E-state index contributed by atoms with van der Waals surface area (Å²) in [4.78, 5) is 16.9. The first-order valence-electron chi connectivity index (χ1n) is 4.55. The van der Waals surface area contributed by atoms with E-state index in [9.17, 15) is 4.79 Å². The number of aldehydes is 1. The molecule has 0 aliphatic rings. The minimum atomic E-state index is 0.529. The highest BCUT2D eigenvalue weighted by Gasteiger charge is 2.07. The molecule has 2 nitrogen and oxygen atoms in total. The van der Waals surface area contributed by atoms with E-state index in [-0.39, 0.29) is 0 Å². The molecule has 0 bridgehead atoms. The molecule has 0 N–H and O–H groups in total. The van der Waals surface area contributed by atoms with Crippen LogP contribution in [0.2, 0.25) is 5.02 Å². The van der Waals surface area contributed by atoms with Crippen molar-refractivity contribution in [3.05, 3.63) is 39.9 Å². The lowest BCUT2D eigenvalue weighted by molar-refractivity contribution is 0.111. The molecule has 0 spiro atoms. The summed E-state index contributed by atoms with van der Waals surface area (Å²) in [6.07, 6.45) is 0.789. The van der Waals surface area contributed by atoms with Crippen LogP contribution in [0.4, 0.5) is 0 Å². The molecule has 0 fully saturated rings. The Labute approximate surface area is 107 Å². The van der Waals surface area contributed by atoms with Crippen LogP contribution in [0.25, 0.3) is 0 Å².